The van der Waals surface area contributed by atoms with Crippen LogP contribution in [0.4, 0.5) is 0 Å². The minimum Gasteiger partial charge on any atom is -0.382 e. The van der Waals surface area contributed by atoms with Crippen LogP contribution in [0.25, 0.3) is 0 Å². The maximum Gasteiger partial charge on any atom is 0.147 e. The first-order chi connectivity index (χ1) is 6.83. The Hall–Kier alpha value is -0.160. The van der Waals surface area contributed by atoms with Crippen LogP contribution in [0, 0.1) is 0 Å². The molecule has 0 N–H and O–H groups in total. The number of ether oxygens (including phenoxy) is 4. The average Bonchev–Trinajstić information content (AvgIpc) is 2.12. The second-order valence-corrected chi connectivity index (χ2v) is 4.79. The van der Waals surface area contributed by atoms with Gasteiger partial charge in [0.05, 0.1) is 24.4 Å². The molecule has 4 heteroatoms. The largest absolute Gasteiger partial charge is 0.382 e. The van der Waals surface area contributed by atoms with Gasteiger partial charge in [0.25, 0.3) is 0 Å². The fourth-order valence-electron chi connectivity index (χ4n) is 1.02. The third kappa shape index (κ3) is 7.73. The fraction of sp³-hybridized carbons (Fsp3) is 1.00. The van der Waals surface area contributed by atoms with E-state index in [2.05, 4.69) is 0 Å². The molecule has 0 rings (SSSR count). The zero-order valence-electron chi connectivity index (χ0n) is 10.8. The van der Waals surface area contributed by atoms with E-state index in [-0.39, 0.29) is 18.0 Å². The fourth-order valence-corrected chi connectivity index (χ4v) is 1.02. The molecule has 92 valence electrons. The standard InChI is InChI=1S/C11H24O4/c1-10(2,7-12-5)14-8-11(3,4)15-9-13-6/h7-9H2,1-6H3. The summed E-state index contributed by atoms with van der Waals surface area (Å²) in [6.45, 7) is 9.26. The van der Waals surface area contributed by atoms with Gasteiger partial charge in [-0.3, -0.25) is 0 Å². The molecule has 0 aromatic rings. The first-order valence-electron chi connectivity index (χ1n) is 5.09. The van der Waals surface area contributed by atoms with Crippen molar-refractivity contribution < 1.29 is 18.9 Å². The molecule has 0 aliphatic rings. The molecule has 0 aromatic carbocycles. The maximum absolute atomic E-state index is 5.73. The van der Waals surface area contributed by atoms with Crippen LogP contribution in [-0.4, -0.2) is 45.4 Å². The molecule has 0 unspecified atom stereocenters. The normalized spacial score (nSPS) is 13.2. The zero-order chi connectivity index (χ0) is 11.9. The van der Waals surface area contributed by atoms with Crippen molar-refractivity contribution in [2.24, 2.45) is 0 Å². The van der Waals surface area contributed by atoms with E-state index in [4.69, 9.17) is 18.9 Å². The van der Waals surface area contributed by atoms with E-state index in [0.717, 1.165) is 0 Å². The van der Waals surface area contributed by atoms with Crippen LogP contribution in [0.3, 0.4) is 0 Å². The topological polar surface area (TPSA) is 36.9 Å². The molecule has 15 heavy (non-hydrogen) atoms. The quantitative estimate of drug-likeness (QED) is 0.585. The van der Waals surface area contributed by atoms with Gasteiger partial charge in [0.2, 0.25) is 0 Å². The Labute approximate surface area is 92.8 Å². The minimum absolute atomic E-state index is 0.279. The van der Waals surface area contributed by atoms with Crippen molar-refractivity contribution in [3.05, 3.63) is 0 Å². The Morgan fingerprint density at radius 1 is 0.733 bits per heavy atom. The predicted molar refractivity (Wildman–Crippen MR) is 58.9 cm³/mol. The van der Waals surface area contributed by atoms with Crippen LogP contribution in [0.2, 0.25) is 0 Å². The molecule has 0 saturated carbocycles. The van der Waals surface area contributed by atoms with Gasteiger partial charge < -0.3 is 18.9 Å². The third-order valence-electron chi connectivity index (χ3n) is 1.87. The summed E-state index contributed by atoms with van der Waals surface area (Å²) in [5, 5.41) is 0. The van der Waals surface area contributed by atoms with Crippen molar-refractivity contribution in [2.75, 3.05) is 34.2 Å². The molecular formula is C11H24O4. The van der Waals surface area contributed by atoms with Gasteiger partial charge in [0.1, 0.15) is 6.79 Å². The second-order valence-electron chi connectivity index (χ2n) is 4.79. The molecule has 0 aliphatic carbocycles. The van der Waals surface area contributed by atoms with E-state index in [1.807, 2.05) is 27.7 Å². The van der Waals surface area contributed by atoms with Crippen molar-refractivity contribution in [1.29, 1.82) is 0 Å². The highest BCUT2D eigenvalue weighted by Crippen LogP contribution is 2.16. The zero-order valence-corrected chi connectivity index (χ0v) is 10.8. The highest BCUT2D eigenvalue weighted by Gasteiger charge is 2.25. The first-order valence-corrected chi connectivity index (χ1v) is 5.09. The van der Waals surface area contributed by atoms with E-state index in [9.17, 15) is 0 Å². The van der Waals surface area contributed by atoms with Crippen LogP contribution in [-0.2, 0) is 18.9 Å². The first kappa shape index (κ1) is 14.8. The van der Waals surface area contributed by atoms with Gasteiger partial charge in [-0.1, -0.05) is 0 Å². The molecule has 0 radical (unpaired) electrons. The van der Waals surface area contributed by atoms with E-state index >= 15 is 0 Å². The second kappa shape index (κ2) is 6.43. The Kier molecular flexibility index (Phi) is 6.36. The van der Waals surface area contributed by atoms with Gasteiger partial charge in [0.15, 0.2) is 0 Å². The van der Waals surface area contributed by atoms with Gasteiger partial charge in [-0.05, 0) is 27.7 Å². The molecule has 0 amide bonds. The maximum atomic E-state index is 5.73. The van der Waals surface area contributed by atoms with Crippen LogP contribution in [0.5, 0.6) is 0 Å². The molecule has 0 bridgehead atoms. The number of hydrogen-bond acceptors (Lipinski definition) is 4. The van der Waals surface area contributed by atoms with Crippen LogP contribution in [0.1, 0.15) is 27.7 Å². The van der Waals surface area contributed by atoms with Gasteiger partial charge in [-0.2, -0.15) is 0 Å². The number of hydrogen-bond donors (Lipinski definition) is 0. The molecular weight excluding hydrogens is 196 g/mol. The molecule has 0 spiro atoms. The molecule has 0 saturated heterocycles. The Balaban J connectivity index is 3.90. The molecule has 0 fully saturated rings. The Morgan fingerprint density at radius 2 is 1.27 bits per heavy atom. The summed E-state index contributed by atoms with van der Waals surface area (Å²) in [5.41, 5.74) is -0.635. The summed E-state index contributed by atoms with van der Waals surface area (Å²) in [5.74, 6) is 0. The summed E-state index contributed by atoms with van der Waals surface area (Å²) in [4.78, 5) is 0. The molecule has 0 aromatic heterocycles. The van der Waals surface area contributed by atoms with E-state index in [1.54, 1.807) is 14.2 Å². The lowest BCUT2D eigenvalue weighted by Crippen LogP contribution is -2.39. The molecule has 0 heterocycles. The van der Waals surface area contributed by atoms with Crippen molar-refractivity contribution >= 4 is 0 Å². The van der Waals surface area contributed by atoms with E-state index in [1.165, 1.54) is 0 Å². The van der Waals surface area contributed by atoms with Gasteiger partial charge >= 0.3 is 0 Å². The van der Waals surface area contributed by atoms with Gasteiger partial charge in [0, 0.05) is 14.2 Å². The monoisotopic (exact) mass is 220 g/mol. The van der Waals surface area contributed by atoms with Crippen molar-refractivity contribution in [3.8, 4) is 0 Å². The van der Waals surface area contributed by atoms with Crippen LogP contribution >= 0.6 is 0 Å². The van der Waals surface area contributed by atoms with Crippen molar-refractivity contribution in [2.45, 2.75) is 38.9 Å². The highest BCUT2D eigenvalue weighted by atomic mass is 16.7. The highest BCUT2D eigenvalue weighted by molar-refractivity contribution is 4.73. The van der Waals surface area contributed by atoms with Crippen molar-refractivity contribution in [3.63, 3.8) is 0 Å². The molecule has 4 nitrogen and oxygen atoms in total. The summed E-state index contributed by atoms with van der Waals surface area (Å²) in [7, 11) is 3.27. The summed E-state index contributed by atoms with van der Waals surface area (Å²) in [6.07, 6.45) is 0. The summed E-state index contributed by atoms with van der Waals surface area (Å²) in [6, 6.07) is 0. The molecule has 0 atom stereocenters. The SMILES string of the molecule is COCOC(C)(C)COC(C)(C)COC. The predicted octanol–water partition coefficient (Wildman–Crippen LogP) is 1.83. The smallest absolute Gasteiger partial charge is 0.147 e. The Bertz CT molecular complexity index is 166. The summed E-state index contributed by atoms with van der Waals surface area (Å²) < 4.78 is 21.1. The van der Waals surface area contributed by atoms with Gasteiger partial charge in [-0.15, -0.1) is 0 Å². The number of rotatable bonds is 8. The summed E-state index contributed by atoms with van der Waals surface area (Å²) >= 11 is 0. The average molecular weight is 220 g/mol. The minimum atomic E-state index is -0.346. The number of methoxy groups -OCH3 is 2. The molecule has 0 aliphatic heterocycles. The lowest BCUT2D eigenvalue weighted by atomic mass is 10.1. The Morgan fingerprint density at radius 3 is 1.73 bits per heavy atom. The van der Waals surface area contributed by atoms with Gasteiger partial charge in [-0.25, -0.2) is 0 Å². The lowest BCUT2D eigenvalue weighted by Gasteiger charge is -2.31. The van der Waals surface area contributed by atoms with E-state index in [0.29, 0.717) is 13.2 Å². The van der Waals surface area contributed by atoms with E-state index < -0.39 is 0 Å². The van der Waals surface area contributed by atoms with Crippen molar-refractivity contribution in [1.82, 2.24) is 0 Å². The van der Waals surface area contributed by atoms with Crippen LogP contribution < -0.4 is 0 Å². The third-order valence-corrected chi connectivity index (χ3v) is 1.87. The van der Waals surface area contributed by atoms with Crippen LogP contribution in [0.15, 0.2) is 0 Å². The lowest BCUT2D eigenvalue weighted by molar-refractivity contribution is -0.170.